The second-order valence-corrected chi connectivity index (χ2v) is 8.36. The maximum Gasteiger partial charge on any atom is 0.262 e. The highest BCUT2D eigenvalue weighted by molar-refractivity contribution is 9.11. The normalized spacial score (nSPS) is 11.4. The fraction of sp³-hybridized carbons (Fsp3) is 0.130. The summed E-state index contributed by atoms with van der Waals surface area (Å²) in [6.07, 6.45) is 0. The molecule has 0 aromatic heterocycles. The number of carbonyl (C=O) groups excluding carboxylic acids is 2. The van der Waals surface area contributed by atoms with Crippen LogP contribution in [-0.2, 0) is 4.79 Å². The molecule has 0 radical (unpaired) electrons. The average Bonchev–Trinajstić information content (AvgIpc) is 2.74. The molecule has 0 bridgehead atoms. The maximum atomic E-state index is 12.5. The predicted molar refractivity (Wildman–Crippen MR) is 125 cm³/mol. The van der Waals surface area contributed by atoms with Crippen LogP contribution in [0.2, 0.25) is 0 Å². The van der Waals surface area contributed by atoms with Gasteiger partial charge >= 0.3 is 0 Å². The number of carbonyl (C=O) groups is 2. The topological polar surface area (TPSA) is 67.4 Å². The summed E-state index contributed by atoms with van der Waals surface area (Å²) >= 11 is 6.76. The van der Waals surface area contributed by atoms with Gasteiger partial charge in [-0.05, 0) is 70.9 Å². The molecule has 0 spiro atoms. The second kappa shape index (κ2) is 10.4. The van der Waals surface area contributed by atoms with Crippen LogP contribution in [0.3, 0.4) is 0 Å². The summed E-state index contributed by atoms with van der Waals surface area (Å²) in [6.45, 7) is 1.81. The van der Waals surface area contributed by atoms with Crippen LogP contribution in [0.4, 0.5) is 5.69 Å². The first-order valence-corrected chi connectivity index (χ1v) is 10.8. The zero-order valence-electron chi connectivity index (χ0n) is 16.2. The smallest absolute Gasteiger partial charge is 0.262 e. The Kier molecular flexibility index (Phi) is 7.65. The van der Waals surface area contributed by atoms with Crippen molar-refractivity contribution in [3.05, 3.63) is 92.9 Å². The molecular formula is C23H20Br2N2O3. The van der Waals surface area contributed by atoms with E-state index in [-0.39, 0.29) is 24.5 Å². The van der Waals surface area contributed by atoms with E-state index in [0.29, 0.717) is 17.0 Å². The molecular weight excluding hydrogens is 512 g/mol. The largest absolute Gasteiger partial charge is 0.483 e. The number of amides is 2. The van der Waals surface area contributed by atoms with E-state index in [4.69, 9.17) is 4.74 Å². The molecule has 1 atom stereocenters. The van der Waals surface area contributed by atoms with Crippen LogP contribution in [-0.4, -0.2) is 18.4 Å². The molecule has 0 saturated heterocycles. The monoisotopic (exact) mass is 530 g/mol. The van der Waals surface area contributed by atoms with Gasteiger partial charge in [0.2, 0.25) is 0 Å². The van der Waals surface area contributed by atoms with Gasteiger partial charge in [0.1, 0.15) is 5.75 Å². The van der Waals surface area contributed by atoms with Crippen molar-refractivity contribution in [3.8, 4) is 5.75 Å². The van der Waals surface area contributed by atoms with Crippen molar-refractivity contribution in [1.82, 2.24) is 5.32 Å². The molecule has 2 N–H and O–H groups in total. The highest BCUT2D eigenvalue weighted by Gasteiger charge is 2.12. The number of nitrogens with one attached hydrogen (secondary N) is 2. The fourth-order valence-electron chi connectivity index (χ4n) is 2.74. The summed E-state index contributed by atoms with van der Waals surface area (Å²) in [4.78, 5) is 24.6. The Balaban J connectivity index is 1.52. The lowest BCUT2D eigenvalue weighted by atomic mass is 10.1. The molecule has 0 saturated carbocycles. The molecule has 0 aliphatic carbocycles. The average molecular weight is 532 g/mol. The molecule has 0 aliphatic rings. The SMILES string of the molecule is CC(NC(=O)c1ccc(NC(=O)COc2ccc(Br)cc2Br)cc1)c1ccccc1. The first kappa shape index (κ1) is 22.1. The van der Waals surface area contributed by atoms with Crippen LogP contribution in [0.5, 0.6) is 5.75 Å². The van der Waals surface area contributed by atoms with Crippen molar-refractivity contribution >= 4 is 49.4 Å². The Hall–Kier alpha value is -2.64. The standard InChI is InChI=1S/C23H20Br2N2O3/c1-15(16-5-3-2-4-6-16)26-23(29)17-7-10-19(11-8-17)27-22(28)14-30-21-12-9-18(24)13-20(21)25/h2-13,15H,14H2,1H3,(H,26,29)(H,27,28). The van der Waals surface area contributed by atoms with Gasteiger partial charge in [-0.15, -0.1) is 0 Å². The molecule has 30 heavy (non-hydrogen) atoms. The third-order valence-electron chi connectivity index (χ3n) is 4.33. The van der Waals surface area contributed by atoms with Gasteiger partial charge in [0.15, 0.2) is 6.61 Å². The third-order valence-corrected chi connectivity index (χ3v) is 5.44. The van der Waals surface area contributed by atoms with E-state index in [1.54, 1.807) is 30.3 Å². The lowest BCUT2D eigenvalue weighted by Gasteiger charge is -2.14. The molecule has 7 heteroatoms. The summed E-state index contributed by atoms with van der Waals surface area (Å²) in [7, 11) is 0. The predicted octanol–water partition coefficient (Wildman–Crippen LogP) is 5.72. The number of anilines is 1. The number of ether oxygens (including phenoxy) is 1. The lowest BCUT2D eigenvalue weighted by Crippen LogP contribution is -2.26. The molecule has 2 amide bonds. The van der Waals surface area contributed by atoms with Crippen molar-refractivity contribution in [2.45, 2.75) is 13.0 Å². The molecule has 5 nitrogen and oxygen atoms in total. The maximum absolute atomic E-state index is 12.5. The zero-order chi connectivity index (χ0) is 21.5. The van der Waals surface area contributed by atoms with E-state index in [1.165, 1.54) is 0 Å². The molecule has 3 rings (SSSR count). The highest BCUT2D eigenvalue weighted by Crippen LogP contribution is 2.28. The van der Waals surface area contributed by atoms with Crippen molar-refractivity contribution < 1.29 is 14.3 Å². The van der Waals surface area contributed by atoms with E-state index in [2.05, 4.69) is 42.5 Å². The van der Waals surface area contributed by atoms with Gasteiger partial charge in [-0.1, -0.05) is 46.3 Å². The first-order valence-electron chi connectivity index (χ1n) is 9.26. The Morgan fingerprint density at radius 1 is 0.967 bits per heavy atom. The van der Waals surface area contributed by atoms with E-state index in [0.717, 1.165) is 14.5 Å². The Labute approximate surface area is 192 Å². The molecule has 0 heterocycles. The van der Waals surface area contributed by atoms with E-state index >= 15 is 0 Å². The highest BCUT2D eigenvalue weighted by atomic mass is 79.9. The van der Waals surface area contributed by atoms with Crippen LogP contribution < -0.4 is 15.4 Å². The van der Waals surface area contributed by atoms with Gasteiger partial charge in [0.05, 0.1) is 10.5 Å². The number of benzene rings is 3. The number of hydrogen-bond donors (Lipinski definition) is 2. The van der Waals surface area contributed by atoms with Crippen molar-refractivity contribution in [2.75, 3.05) is 11.9 Å². The van der Waals surface area contributed by atoms with E-state index in [1.807, 2.05) is 49.4 Å². The summed E-state index contributed by atoms with van der Waals surface area (Å²) in [6, 6.07) is 21.8. The second-order valence-electron chi connectivity index (χ2n) is 6.59. The Bertz CT molecular complexity index is 1020. The summed E-state index contributed by atoms with van der Waals surface area (Å²) < 4.78 is 7.19. The first-order chi connectivity index (χ1) is 14.4. The fourth-order valence-corrected chi connectivity index (χ4v) is 3.90. The van der Waals surface area contributed by atoms with Crippen LogP contribution in [0.15, 0.2) is 81.7 Å². The van der Waals surface area contributed by atoms with Crippen molar-refractivity contribution in [2.24, 2.45) is 0 Å². The number of rotatable bonds is 7. The van der Waals surface area contributed by atoms with Gasteiger partial charge in [0, 0.05) is 15.7 Å². The molecule has 3 aromatic carbocycles. The Morgan fingerprint density at radius 3 is 2.33 bits per heavy atom. The molecule has 1 unspecified atom stereocenters. The number of hydrogen-bond acceptors (Lipinski definition) is 3. The van der Waals surface area contributed by atoms with E-state index < -0.39 is 0 Å². The van der Waals surface area contributed by atoms with Gasteiger partial charge in [-0.3, -0.25) is 9.59 Å². The minimum atomic E-state index is -0.292. The quantitative estimate of drug-likeness (QED) is 0.409. The van der Waals surface area contributed by atoms with Crippen molar-refractivity contribution in [3.63, 3.8) is 0 Å². The van der Waals surface area contributed by atoms with Crippen LogP contribution in [0.25, 0.3) is 0 Å². The van der Waals surface area contributed by atoms with Crippen LogP contribution in [0, 0.1) is 0 Å². The molecule has 0 aliphatic heterocycles. The van der Waals surface area contributed by atoms with E-state index in [9.17, 15) is 9.59 Å². The summed E-state index contributed by atoms with van der Waals surface area (Å²) in [5.74, 6) is 0.111. The van der Waals surface area contributed by atoms with Crippen LogP contribution >= 0.6 is 31.9 Å². The minimum absolute atomic E-state index is 0.104. The van der Waals surface area contributed by atoms with Crippen molar-refractivity contribution in [1.29, 1.82) is 0 Å². The molecule has 154 valence electrons. The lowest BCUT2D eigenvalue weighted by molar-refractivity contribution is -0.118. The van der Waals surface area contributed by atoms with Crippen LogP contribution in [0.1, 0.15) is 28.9 Å². The minimum Gasteiger partial charge on any atom is -0.483 e. The van der Waals surface area contributed by atoms with Gasteiger partial charge in [-0.25, -0.2) is 0 Å². The van der Waals surface area contributed by atoms with Gasteiger partial charge in [-0.2, -0.15) is 0 Å². The third kappa shape index (κ3) is 6.18. The Morgan fingerprint density at radius 2 is 1.67 bits per heavy atom. The molecule has 0 fully saturated rings. The summed E-state index contributed by atoms with van der Waals surface area (Å²) in [5, 5.41) is 5.72. The zero-order valence-corrected chi connectivity index (χ0v) is 19.4. The van der Waals surface area contributed by atoms with Gasteiger partial charge < -0.3 is 15.4 Å². The molecule has 3 aromatic rings. The van der Waals surface area contributed by atoms with Gasteiger partial charge in [0.25, 0.3) is 11.8 Å². The summed E-state index contributed by atoms with van der Waals surface area (Å²) in [5.41, 5.74) is 2.14. The number of halogens is 2.